The maximum absolute atomic E-state index is 12.1. The van der Waals surface area contributed by atoms with E-state index < -0.39 is 18.7 Å². The average molecular weight is 265 g/mol. The monoisotopic (exact) mass is 264 g/mol. The Labute approximate surface area is 99.6 Å². The van der Waals surface area contributed by atoms with E-state index in [1.165, 1.54) is 6.07 Å². The molecule has 0 aliphatic carbocycles. The minimum Gasteiger partial charge on any atom is -0.458 e. The normalized spacial score (nSPS) is 14.2. The minimum atomic E-state index is -4.43. The molecule has 1 atom stereocenters. The van der Waals surface area contributed by atoms with Crippen molar-refractivity contribution in [3.05, 3.63) is 35.0 Å². The topological polar surface area (TPSA) is 33.4 Å². The summed E-state index contributed by atoms with van der Waals surface area (Å²) in [4.78, 5) is 0. The first-order chi connectivity index (χ1) is 7.85. The molecule has 0 amide bonds. The van der Waals surface area contributed by atoms with Crippen LogP contribution in [0.25, 0.3) is 11.0 Å². The Morgan fingerprint density at radius 3 is 2.65 bits per heavy atom. The van der Waals surface area contributed by atoms with Gasteiger partial charge >= 0.3 is 6.18 Å². The Morgan fingerprint density at radius 1 is 1.29 bits per heavy atom. The molecule has 2 aromatic rings. The summed E-state index contributed by atoms with van der Waals surface area (Å²) in [6.07, 6.45) is -7.46. The van der Waals surface area contributed by atoms with E-state index in [2.05, 4.69) is 0 Å². The summed E-state index contributed by atoms with van der Waals surface area (Å²) in [5.74, 6) is -0.111. The molecule has 0 fully saturated rings. The molecule has 0 saturated carbocycles. The molecule has 92 valence electrons. The molecule has 1 N–H and O–H groups in total. The first kappa shape index (κ1) is 12.3. The van der Waals surface area contributed by atoms with Crippen molar-refractivity contribution in [3.8, 4) is 0 Å². The van der Waals surface area contributed by atoms with Gasteiger partial charge in [0.05, 0.1) is 6.42 Å². The predicted molar refractivity (Wildman–Crippen MR) is 56.9 cm³/mol. The smallest absolute Gasteiger partial charge is 0.392 e. The number of hydrogen-bond donors (Lipinski definition) is 1. The summed E-state index contributed by atoms with van der Waals surface area (Å²) in [5.41, 5.74) is 0.394. The Morgan fingerprint density at radius 2 is 2.00 bits per heavy atom. The quantitative estimate of drug-likeness (QED) is 0.887. The van der Waals surface area contributed by atoms with E-state index >= 15 is 0 Å². The lowest BCUT2D eigenvalue weighted by molar-refractivity contribution is -0.156. The van der Waals surface area contributed by atoms with Gasteiger partial charge in [-0.1, -0.05) is 11.6 Å². The third-order valence-corrected chi connectivity index (χ3v) is 2.49. The molecule has 1 aromatic heterocycles. The van der Waals surface area contributed by atoms with E-state index in [4.69, 9.17) is 16.0 Å². The van der Waals surface area contributed by atoms with Gasteiger partial charge in [-0.3, -0.25) is 0 Å². The number of halogens is 4. The number of furan rings is 1. The van der Waals surface area contributed by atoms with Gasteiger partial charge in [0.1, 0.15) is 17.4 Å². The molecule has 1 aromatic carbocycles. The molecule has 2 rings (SSSR count). The van der Waals surface area contributed by atoms with Crippen LogP contribution in [0.15, 0.2) is 28.7 Å². The molecular weight excluding hydrogens is 257 g/mol. The molecule has 0 saturated heterocycles. The van der Waals surface area contributed by atoms with Crippen LogP contribution in [0.1, 0.15) is 18.3 Å². The van der Waals surface area contributed by atoms with Crippen LogP contribution in [-0.4, -0.2) is 11.3 Å². The number of aliphatic hydroxyl groups is 1. The minimum absolute atomic E-state index is 0.111. The highest BCUT2D eigenvalue weighted by molar-refractivity contribution is 6.31. The van der Waals surface area contributed by atoms with Crippen molar-refractivity contribution in [2.24, 2.45) is 0 Å². The zero-order chi connectivity index (χ0) is 12.6. The van der Waals surface area contributed by atoms with Crippen molar-refractivity contribution in [1.29, 1.82) is 0 Å². The number of benzene rings is 1. The lowest BCUT2D eigenvalue weighted by Gasteiger charge is -2.10. The van der Waals surface area contributed by atoms with Gasteiger partial charge in [-0.15, -0.1) is 0 Å². The van der Waals surface area contributed by atoms with Crippen LogP contribution in [0.5, 0.6) is 0 Å². The molecule has 0 aliphatic heterocycles. The highest BCUT2D eigenvalue weighted by Gasteiger charge is 2.33. The van der Waals surface area contributed by atoms with Gasteiger partial charge in [0.15, 0.2) is 0 Å². The molecule has 0 bridgehead atoms. The van der Waals surface area contributed by atoms with Crippen LogP contribution < -0.4 is 0 Å². The van der Waals surface area contributed by atoms with Crippen LogP contribution >= 0.6 is 11.6 Å². The fourth-order valence-corrected chi connectivity index (χ4v) is 1.70. The van der Waals surface area contributed by atoms with E-state index in [-0.39, 0.29) is 5.76 Å². The zero-order valence-electron chi connectivity index (χ0n) is 8.46. The predicted octanol–water partition coefficient (Wildman–Crippen LogP) is 4.07. The highest BCUT2D eigenvalue weighted by atomic mass is 35.5. The number of fused-ring (bicyclic) bond motifs is 1. The Hall–Kier alpha value is -1.20. The molecular formula is C11H8ClF3O2. The second-order valence-electron chi connectivity index (χ2n) is 3.67. The van der Waals surface area contributed by atoms with Gasteiger partial charge in [-0.25, -0.2) is 0 Å². The zero-order valence-corrected chi connectivity index (χ0v) is 9.22. The summed E-state index contributed by atoms with van der Waals surface area (Å²) in [5, 5.41) is 10.4. The van der Waals surface area contributed by atoms with Gasteiger partial charge in [-0.2, -0.15) is 13.2 Å². The van der Waals surface area contributed by atoms with E-state index in [1.807, 2.05) is 0 Å². The van der Waals surface area contributed by atoms with Gasteiger partial charge in [0.2, 0.25) is 0 Å². The van der Waals surface area contributed by atoms with Crippen molar-refractivity contribution >= 4 is 22.6 Å². The van der Waals surface area contributed by atoms with Crippen molar-refractivity contribution in [1.82, 2.24) is 0 Å². The van der Waals surface area contributed by atoms with Gasteiger partial charge in [0.25, 0.3) is 0 Å². The molecule has 17 heavy (non-hydrogen) atoms. The summed E-state index contributed by atoms with van der Waals surface area (Å²) in [7, 11) is 0. The lowest BCUT2D eigenvalue weighted by atomic mass is 10.2. The second-order valence-corrected chi connectivity index (χ2v) is 4.10. The Kier molecular flexibility index (Phi) is 3.05. The fraction of sp³-hybridized carbons (Fsp3) is 0.273. The molecule has 0 aliphatic rings. The number of aliphatic hydroxyl groups excluding tert-OH is 1. The Balaban J connectivity index is 2.30. The van der Waals surface area contributed by atoms with E-state index in [1.54, 1.807) is 18.2 Å². The molecule has 6 heteroatoms. The SMILES string of the molecule is OC(CC(F)(F)F)c1cc2cc(Cl)ccc2o1. The maximum atomic E-state index is 12.1. The van der Waals surface area contributed by atoms with Gasteiger partial charge in [-0.05, 0) is 24.3 Å². The lowest BCUT2D eigenvalue weighted by Crippen LogP contribution is -2.12. The fourth-order valence-electron chi connectivity index (χ4n) is 1.52. The van der Waals surface area contributed by atoms with Crippen LogP contribution in [0.3, 0.4) is 0 Å². The third-order valence-electron chi connectivity index (χ3n) is 2.25. The number of alkyl halides is 3. The summed E-state index contributed by atoms with van der Waals surface area (Å²) >= 11 is 5.73. The largest absolute Gasteiger partial charge is 0.458 e. The molecule has 0 spiro atoms. The van der Waals surface area contributed by atoms with Crippen LogP contribution in [0.2, 0.25) is 5.02 Å². The van der Waals surface area contributed by atoms with E-state index in [9.17, 15) is 18.3 Å². The first-order valence-electron chi connectivity index (χ1n) is 4.79. The molecule has 0 radical (unpaired) electrons. The Bertz CT molecular complexity index is 533. The maximum Gasteiger partial charge on any atom is 0.392 e. The van der Waals surface area contributed by atoms with Crippen molar-refractivity contribution in [3.63, 3.8) is 0 Å². The summed E-state index contributed by atoms with van der Waals surface area (Å²) < 4.78 is 41.4. The standard InChI is InChI=1S/C11H8ClF3O2/c12-7-1-2-9-6(3-7)4-10(17-9)8(16)5-11(13,14)15/h1-4,8,16H,5H2. The third kappa shape index (κ3) is 2.92. The average Bonchev–Trinajstić information content (AvgIpc) is 2.57. The van der Waals surface area contributed by atoms with Crippen molar-refractivity contribution in [2.75, 3.05) is 0 Å². The molecule has 1 unspecified atom stereocenters. The van der Waals surface area contributed by atoms with Gasteiger partial charge in [0, 0.05) is 10.4 Å². The van der Waals surface area contributed by atoms with Crippen molar-refractivity contribution < 1.29 is 22.7 Å². The van der Waals surface area contributed by atoms with E-state index in [0.717, 1.165) is 0 Å². The summed E-state index contributed by atoms with van der Waals surface area (Å²) in [6, 6.07) is 6.02. The molecule has 2 nitrogen and oxygen atoms in total. The van der Waals surface area contributed by atoms with Crippen LogP contribution in [-0.2, 0) is 0 Å². The number of hydrogen-bond acceptors (Lipinski definition) is 2. The summed E-state index contributed by atoms with van der Waals surface area (Å²) in [6.45, 7) is 0. The van der Waals surface area contributed by atoms with Crippen molar-refractivity contribution in [2.45, 2.75) is 18.7 Å². The highest BCUT2D eigenvalue weighted by Crippen LogP contribution is 2.32. The van der Waals surface area contributed by atoms with Crippen LogP contribution in [0, 0.1) is 0 Å². The van der Waals surface area contributed by atoms with Gasteiger partial charge < -0.3 is 9.52 Å². The second kappa shape index (κ2) is 4.23. The van der Waals surface area contributed by atoms with Crippen LogP contribution in [0.4, 0.5) is 13.2 Å². The first-order valence-corrected chi connectivity index (χ1v) is 5.17. The number of rotatable bonds is 2. The molecule has 1 heterocycles. The van der Waals surface area contributed by atoms with E-state index in [0.29, 0.717) is 16.0 Å².